The maximum absolute atomic E-state index is 11.2. The smallest absolute Gasteiger partial charge is 0.335 e. The molecular formula is C25H22N2O2. The van der Waals surface area contributed by atoms with E-state index in [1.165, 1.54) is 27.3 Å². The summed E-state index contributed by atoms with van der Waals surface area (Å²) in [6.45, 7) is 5.11. The highest BCUT2D eigenvalue weighted by Gasteiger charge is 2.23. The predicted octanol–water partition coefficient (Wildman–Crippen LogP) is 5.13. The van der Waals surface area contributed by atoms with E-state index in [1.54, 1.807) is 12.1 Å². The molecule has 1 aliphatic rings. The first-order valence-electron chi connectivity index (χ1n) is 10.0. The number of nitrogens with zero attached hydrogens (tertiary/aromatic N) is 2. The molecule has 0 unspecified atom stereocenters. The van der Waals surface area contributed by atoms with E-state index in [4.69, 9.17) is 4.98 Å². The van der Waals surface area contributed by atoms with Gasteiger partial charge >= 0.3 is 5.97 Å². The molecule has 29 heavy (non-hydrogen) atoms. The van der Waals surface area contributed by atoms with E-state index in [1.807, 2.05) is 12.1 Å². The minimum atomic E-state index is -0.909. The molecule has 0 bridgehead atoms. The lowest BCUT2D eigenvalue weighted by Gasteiger charge is -2.30. The molecule has 0 saturated carbocycles. The topological polar surface area (TPSA) is 53.4 Å². The number of aromatic carboxylic acids is 1. The molecular weight excluding hydrogens is 360 g/mol. The molecule has 2 heterocycles. The van der Waals surface area contributed by atoms with Crippen LogP contribution in [0.2, 0.25) is 0 Å². The minimum absolute atomic E-state index is 0.296. The summed E-state index contributed by atoms with van der Waals surface area (Å²) in [6, 6.07) is 19.8. The lowest BCUT2D eigenvalue weighted by Crippen LogP contribution is -2.31. The molecule has 1 aliphatic heterocycles. The van der Waals surface area contributed by atoms with Crippen LogP contribution in [0.15, 0.2) is 60.7 Å². The highest BCUT2D eigenvalue weighted by atomic mass is 16.4. The second-order valence-corrected chi connectivity index (χ2v) is 7.60. The Labute approximate surface area is 169 Å². The van der Waals surface area contributed by atoms with Gasteiger partial charge < -0.3 is 5.11 Å². The number of benzene rings is 3. The van der Waals surface area contributed by atoms with Crippen molar-refractivity contribution in [3.05, 3.63) is 77.4 Å². The summed E-state index contributed by atoms with van der Waals surface area (Å²) >= 11 is 0. The van der Waals surface area contributed by atoms with E-state index in [-0.39, 0.29) is 0 Å². The number of carboxylic acid groups (broad SMARTS) is 1. The molecule has 0 spiro atoms. The third kappa shape index (κ3) is 2.97. The van der Waals surface area contributed by atoms with Crippen LogP contribution < -0.4 is 0 Å². The summed E-state index contributed by atoms with van der Waals surface area (Å²) < 4.78 is 0. The molecule has 0 saturated heterocycles. The van der Waals surface area contributed by atoms with Gasteiger partial charge in [-0.15, -0.1) is 0 Å². The van der Waals surface area contributed by atoms with Gasteiger partial charge in [-0.3, -0.25) is 4.90 Å². The van der Waals surface area contributed by atoms with Crippen molar-refractivity contribution in [1.82, 2.24) is 9.88 Å². The fraction of sp³-hybridized carbons (Fsp3) is 0.200. The van der Waals surface area contributed by atoms with E-state index in [9.17, 15) is 9.90 Å². The van der Waals surface area contributed by atoms with Crippen LogP contribution in [-0.4, -0.2) is 34.0 Å². The summed E-state index contributed by atoms with van der Waals surface area (Å²) in [4.78, 5) is 18.8. The monoisotopic (exact) mass is 382 g/mol. The maximum atomic E-state index is 11.2. The predicted molar refractivity (Wildman–Crippen MR) is 116 cm³/mol. The van der Waals surface area contributed by atoms with Crippen molar-refractivity contribution in [2.45, 2.75) is 19.9 Å². The molecule has 5 rings (SSSR count). The van der Waals surface area contributed by atoms with Crippen LogP contribution in [-0.2, 0) is 13.0 Å². The Morgan fingerprint density at radius 2 is 1.83 bits per heavy atom. The molecule has 0 atom stereocenters. The molecule has 1 aromatic heterocycles. The third-order valence-corrected chi connectivity index (χ3v) is 6.00. The summed E-state index contributed by atoms with van der Waals surface area (Å²) in [6.07, 6.45) is 0.996. The van der Waals surface area contributed by atoms with Crippen molar-refractivity contribution in [3.8, 4) is 11.3 Å². The molecule has 4 heteroatoms. The number of fused-ring (bicyclic) bond motifs is 5. The van der Waals surface area contributed by atoms with E-state index >= 15 is 0 Å². The molecule has 4 aromatic rings. The molecule has 0 radical (unpaired) electrons. The molecule has 0 fully saturated rings. The van der Waals surface area contributed by atoms with Gasteiger partial charge in [-0.1, -0.05) is 49.4 Å². The largest absolute Gasteiger partial charge is 0.478 e. The number of hydrogen-bond acceptors (Lipinski definition) is 3. The number of pyridine rings is 1. The number of rotatable bonds is 3. The Kier molecular flexibility index (Phi) is 4.29. The number of aromatic nitrogens is 1. The summed E-state index contributed by atoms with van der Waals surface area (Å²) in [5, 5.41) is 13.0. The van der Waals surface area contributed by atoms with Crippen molar-refractivity contribution in [3.63, 3.8) is 0 Å². The van der Waals surface area contributed by atoms with Crippen molar-refractivity contribution < 1.29 is 9.90 Å². The normalized spacial score (nSPS) is 14.2. The number of carboxylic acids is 1. The van der Waals surface area contributed by atoms with Crippen molar-refractivity contribution in [1.29, 1.82) is 0 Å². The molecule has 144 valence electrons. The maximum Gasteiger partial charge on any atom is 0.335 e. The van der Waals surface area contributed by atoms with E-state index in [2.05, 4.69) is 48.2 Å². The van der Waals surface area contributed by atoms with Gasteiger partial charge in [-0.25, -0.2) is 9.78 Å². The Balaban J connectivity index is 1.80. The second kappa shape index (κ2) is 6.98. The first-order valence-corrected chi connectivity index (χ1v) is 10.0. The van der Waals surface area contributed by atoms with Crippen LogP contribution in [0, 0.1) is 0 Å². The number of carbonyl (C=O) groups is 1. The zero-order valence-electron chi connectivity index (χ0n) is 16.4. The lowest BCUT2D eigenvalue weighted by atomic mass is 9.89. The number of hydrogen-bond donors (Lipinski definition) is 1. The summed E-state index contributed by atoms with van der Waals surface area (Å²) in [5.41, 5.74) is 5.89. The Morgan fingerprint density at radius 1 is 1.03 bits per heavy atom. The first kappa shape index (κ1) is 17.8. The van der Waals surface area contributed by atoms with Crippen LogP contribution >= 0.6 is 0 Å². The second-order valence-electron chi connectivity index (χ2n) is 7.60. The average molecular weight is 382 g/mol. The van der Waals surface area contributed by atoms with E-state index in [0.717, 1.165) is 42.8 Å². The van der Waals surface area contributed by atoms with Crippen LogP contribution in [0.5, 0.6) is 0 Å². The average Bonchev–Trinajstić information content (AvgIpc) is 2.77. The van der Waals surface area contributed by atoms with Gasteiger partial charge in [0.2, 0.25) is 0 Å². The quantitative estimate of drug-likeness (QED) is 0.499. The SMILES string of the molecule is CCN1CCc2c(c(-c3ccc(C(=O)O)cc3)nc3ccc4ccccc4c23)C1. The first-order chi connectivity index (χ1) is 14.2. The lowest BCUT2D eigenvalue weighted by molar-refractivity contribution is 0.0697. The fourth-order valence-electron chi connectivity index (χ4n) is 4.45. The standard InChI is InChI=1S/C25H22N2O2/c1-2-27-14-13-20-21(15-27)24(17-7-9-18(10-8-17)25(28)29)26-22-12-11-16-5-3-4-6-19(16)23(20)22/h3-12H,2,13-15H2,1H3,(H,28,29). The Morgan fingerprint density at radius 3 is 2.59 bits per heavy atom. The molecule has 0 aliphatic carbocycles. The van der Waals surface area contributed by atoms with Gasteiger partial charge in [0.05, 0.1) is 16.8 Å². The van der Waals surface area contributed by atoms with Crippen LogP contribution in [0.1, 0.15) is 28.4 Å². The van der Waals surface area contributed by atoms with Crippen molar-refractivity contribution in [2.75, 3.05) is 13.1 Å². The Hall–Kier alpha value is -3.24. The summed E-state index contributed by atoms with van der Waals surface area (Å²) in [7, 11) is 0. The van der Waals surface area contributed by atoms with Gasteiger partial charge in [-0.2, -0.15) is 0 Å². The van der Waals surface area contributed by atoms with Gasteiger partial charge in [0.25, 0.3) is 0 Å². The highest BCUT2D eigenvalue weighted by molar-refractivity contribution is 6.09. The molecule has 1 N–H and O–H groups in total. The van der Waals surface area contributed by atoms with Crippen molar-refractivity contribution >= 4 is 27.6 Å². The third-order valence-electron chi connectivity index (χ3n) is 6.00. The molecule has 0 amide bonds. The highest BCUT2D eigenvalue weighted by Crippen LogP contribution is 2.37. The zero-order chi connectivity index (χ0) is 20.0. The van der Waals surface area contributed by atoms with Gasteiger partial charge in [-0.05, 0) is 53.1 Å². The summed E-state index contributed by atoms with van der Waals surface area (Å²) in [5.74, 6) is -0.909. The molecule has 3 aromatic carbocycles. The van der Waals surface area contributed by atoms with Gasteiger partial charge in [0.1, 0.15) is 0 Å². The van der Waals surface area contributed by atoms with Crippen molar-refractivity contribution in [2.24, 2.45) is 0 Å². The van der Waals surface area contributed by atoms with Crippen LogP contribution in [0.3, 0.4) is 0 Å². The van der Waals surface area contributed by atoms with Crippen LogP contribution in [0.25, 0.3) is 32.9 Å². The minimum Gasteiger partial charge on any atom is -0.478 e. The number of likely N-dealkylation sites (N-methyl/N-ethyl adjacent to an activating group) is 1. The van der Waals surface area contributed by atoms with Gasteiger partial charge in [0, 0.05) is 24.0 Å². The zero-order valence-corrected chi connectivity index (χ0v) is 16.4. The fourth-order valence-corrected chi connectivity index (χ4v) is 4.45. The van der Waals surface area contributed by atoms with Crippen LogP contribution in [0.4, 0.5) is 0 Å². The van der Waals surface area contributed by atoms with E-state index < -0.39 is 5.97 Å². The van der Waals surface area contributed by atoms with E-state index in [0.29, 0.717) is 5.56 Å². The van der Waals surface area contributed by atoms with Gasteiger partial charge in [0.15, 0.2) is 0 Å². The Bertz CT molecular complexity index is 1250. The molecule has 4 nitrogen and oxygen atoms in total.